The Balaban J connectivity index is 1.60. The van der Waals surface area contributed by atoms with Crippen molar-refractivity contribution in [3.63, 3.8) is 0 Å². The van der Waals surface area contributed by atoms with Gasteiger partial charge in [-0.15, -0.1) is 0 Å². The van der Waals surface area contributed by atoms with Gasteiger partial charge in [0.1, 0.15) is 0 Å². The summed E-state index contributed by atoms with van der Waals surface area (Å²) in [5.41, 5.74) is 2.00. The van der Waals surface area contributed by atoms with Gasteiger partial charge in [0.15, 0.2) is 11.4 Å². The summed E-state index contributed by atoms with van der Waals surface area (Å²) in [4.78, 5) is 39.5. The number of esters is 2. The molecule has 3 aromatic rings. The maximum atomic E-state index is 12.6. The smallest absolute Gasteiger partial charge is 0.363 e. The summed E-state index contributed by atoms with van der Waals surface area (Å²) < 4.78 is 11.7. The van der Waals surface area contributed by atoms with E-state index in [-0.39, 0.29) is 23.0 Å². The molecule has 1 heterocycles. The number of nitro groups is 1. The number of hydrogen-bond donors (Lipinski definition) is 0. The minimum Gasteiger partial charge on any atom is -0.420 e. The highest BCUT2D eigenvalue weighted by atomic mass is 79.9. The molecule has 0 saturated carbocycles. The summed E-state index contributed by atoms with van der Waals surface area (Å²) in [5.74, 6) is -0.938. The Morgan fingerprint density at radius 3 is 2.47 bits per heavy atom. The van der Waals surface area contributed by atoms with Gasteiger partial charge in [-0.3, -0.25) is 10.1 Å². The molecule has 0 bridgehead atoms. The Bertz CT molecular complexity index is 1390. The number of aliphatic imine (C=N–C) groups is 1. The quantitative estimate of drug-likeness (QED) is 0.120. The average Bonchev–Trinajstić information content (AvgIpc) is 3.16. The van der Waals surface area contributed by atoms with Gasteiger partial charge in [0.05, 0.1) is 19.4 Å². The van der Waals surface area contributed by atoms with Gasteiger partial charge >= 0.3 is 11.9 Å². The summed E-state index contributed by atoms with van der Waals surface area (Å²) in [6.07, 6.45) is 1.50. The zero-order valence-electron chi connectivity index (χ0n) is 17.5. The van der Waals surface area contributed by atoms with E-state index < -0.39 is 16.9 Å². The van der Waals surface area contributed by atoms with Crippen LogP contribution in [-0.2, 0) is 9.53 Å². The molecule has 0 N–H and O–H groups in total. The third-order valence-electron chi connectivity index (χ3n) is 4.81. The van der Waals surface area contributed by atoms with Crippen LogP contribution < -0.4 is 4.74 Å². The fraction of sp³-hybridized carbons (Fsp3) is 0.0417. The Kier molecular flexibility index (Phi) is 6.71. The lowest BCUT2D eigenvalue weighted by Crippen LogP contribution is -2.11. The van der Waals surface area contributed by atoms with E-state index in [0.29, 0.717) is 25.6 Å². The molecule has 0 saturated heterocycles. The molecule has 0 unspecified atom stereocenters. The van der Waals surface area contributed by atoms with Crippen LogP contribution in [0.15, 0.2) is 80.3 Å². The number of benzene rings is 3. The second-order valence-electron chi connectivity index (χ2n) is 7.16. The van der Waals surface area contributed by atoms with Gasteiger partial charge in [-0.2, -0.15) is 0 Å². The van der Waals surface area contributed by atoms with Crippen LogP contribution in [-0.4, -0.2) is 22.8 Å². The Labute approximate surface area is 210 Å². The molecular formula is C24H14Br2N2O6. The largest absolute Gasteiger partial charge is 0.420 e. The van der Waals surface area contributed by atoms with Crippen LogP contribution in [0, 0.1) is 17.0 Å². The zero-order valence-corrected chi connectivity index (χ0v) is 20.6. The number of aryl methyl sites for hydroxylation is 1. The van der Waals surface area contributed by atoms with Gasteiger partial charge in [0, 0.05) is 17.7 Å². The fourth-order valence-corrected chi connectivity index (χ4v) is 4.54. The lowest BCUT2D eigenvalue weighted by molar-refractivity contribution is -0.384. The molecule has 0 amide bonds. The number of non-ortho nitro benzene ring substituents is 1. The normalized spacial score (nSPS) is 14.0. The first kappa shape index (κ1) is 23.5. The molecule has 0 aliphatic carbocycles. The summed E-state index contributed by atoms with van der Waals surface area (Å²) in [7, 11) is 0. The van der Waals surface area contributed by atoms with Crippen LogP contribution in [0.3, 0.4) is 0 Å². The zero-order chi connectivity index (χ0) is 24.4. The number of nitro benzene ring substituents is 1. The molecule has 1 aliphatic rings. The van der Waals surface area contributed by atoms with Crippen molar-refractivity contribution in [1.82, 2.24) is 0 Å². The Morgan fingerprint density at radius 2 is 1.79 bits per heavy atom. The lowest BCUT2D eigenvalue weighted by atomic mass is 10.1. The standard InChI is InChI=1S/C24H14Br2N2O6/c1-13-5-2-3-8-17(13)23(29)33-21-18(25)9-14(10-19(21)26)11-20-24(30)34-22(27-20)15-6-4-7-16(12-15)28(31)32/h2-12H,1H3/b20-11-. The third kappa shape index (κ3) is 4.97. The minimum atomic E-state index is -0.691. The van der Waals surface area contributed by atoms with E-state index in [9.17, 15) is 19.7 Å². The number of nitrogens with zero attached hydrogens (tertiary/aromatic N) is 2. The van der Waals surface area contributed by atoms with Gasteiger partial charge in [-0.1, -0.05) is 24.3 Å². The number of carbonyl (C=O) groups is 2. The van der Waals surface area contributed by atoms with E-state index in [1.54, 1.807) is 30.3 Å². The third-order valence-corrected chi connectivity index (χ3v) is 5.99. The molecule has 0 radical (unpaired) electrons. The molecule has 170 valence electrons. The van der Waals surface area contributed by atoms with Crippen LogP contribution in [0.1, 0.15) is 27.0 Å². The first-order valence-electron chi connectivity index (χ1n) is 9.77. The van der Waals surface area contributed by atoms with Gasteiger partial charge in [0.25, 0.3) is 5.69 Å². The highest BCUT2D eigenvalue weighted by molar-refractivity contribution is 9.11. The number of halogens is 2. The molecule has 0 spiro atoms. The first-order chi connectivity index (χ1) is 16.2. The van der Waals surface area contributed by atoms with E-state index in [4.69, 9.17) is 9.47 Å². The summed E-state index contributed by atoms with van der Waals surface area (Å²) >= 11 is 6.80. The molecule has 8 nitrogen and oxygen atoms in total. The molecule has 4 rings (SSSR count). The molecule has 34 heavy (non-hydrogen) atoms. The number of hydrogen-bond acceptors (Lipinski definition) is 7. The van der Waals surface area contributed by atoms with E-state index in [0.717, 1.165) is 5.56 Å². The van der Waals surface area contributed by atoms with E-state index >= 15 is 0 Å². The van der Waals surface area contributed by atoms with Crippen molar-refractivity contribution in [2.75, 3.05) is 0 Å². The van der Waals surface area contributed by atoms with Crippen molar-refractivity contribution in [3.05, 3.63) is 108 Å². The van der Waals surface area contributed by atoms with Gasteiger partial charge in [0.2, 0.25) is 5.90 Å². The van der Waals surface area contributed by atoms with Crippen molar-refractivity contribution in [2.45, 2.75) is 6.92 Å². The van der Waals surface area contributed by atoms with Crippen LogP contribution in [0.25, 0.3) is 6.08 Å². The second-order valence-corrected chi connectivity index (χ2v) is 8.87. The van der Waals surface area contributed by atoms with Crippen LogP contribution in [0.4, 0.5) is 5.69 Å². The highest BCUT2D eigenvalue weighted by Gasteiger charge is 2.25. The Hall–Kier alpha value is -3.63. The highest BCUT2D eigenvalue weighted by Crippen LogP contribution is 2.36. The molecule has 0 atom stereocenters. The monoisotopic (exact) mass is 584 g/mol. The summed E-state index contributed by atoms with van der Waals surface area (Å²) in [5, 5.41) is 11.0. The maximum absolute atomic E-state index is 12.6. The predicted octanol–water partition coefficient (Wildman–Crippen LogP) is 5.99. The van der Waals surface area contributed by atoms with Crippen molar-refractivity contribution in [1.29, 1.82) is 0 Å². The minimum absolute atomic E-state index is 0.0185. The lowest BCUT2D eigenvalue weighted by Gasteiger charge is -2.11. The molecule has 0 fully saturated rings. The molecule has 10 heteroatoms. The van der Waals surface area contributed by atoms with Crippen molar-refractivity contribution >= 4 is 61.5 Å². The summed E-state index contributed by atoms with van der Waals surface area (Å²) in [6, 6.07) is 16.1. The number of rotatable bonds is 5. The number of cyclic esters (lactones) is 1. The molecule has 0 aromatic heterocycles. The van der Waals surface area contributed by atoms with Crippen molar-refractivity contribution < 1.29 is 24.0 Å². The fourth-order valence-electron chi connectivity index (χ4n) is 3.15. The SMILES string of the molecule is Cc1ccccc1C(=O)Oc1c(Br)cc(/C=C2\N=C(c3cccc([N+](=O)[O-])c3)OC2=O)cc1Br. The predicted molar refractivity (Wildman–Crippen MR) is 132 cm³/mol. The van der Waals surface area contributed by atoms with Crippen molar-refractivity contribution in [3.8, 4) is 5.75 Å². The van der Waals surface area contributed by atoms with Crippen molar-refractivity contribution in [2.24, 2.45) is 4.99 Å². The van der Waals surface area contributed by atoms with Crippen LogP contribution in [0.5, 0.6) is 5.75 Å². The van der Waals surface area contributed by atoms with Crippen LogP contribution in [0.2, 0.25) is 0 Å². The maximum Gasteiger partial charge on any atom is 0.363 e. The molecule has 1 aliphatic heterocycles. The van der Waals surface area contributed by atoms with Crippen LogP contribution >= 0.6 is 31.9 Å². The number of ether oxygens (including phenoxy) is 2. The molecular weight excluding hydrogens is 572 g/mol. The Morgan fingerprint density at radius 1 is 1.09 bits per heavy atom. The number of carbonyl (C=O) groups excluding carboxylic acids is 2. The van der Waals surface area contributed by atoms with E-state index in [1.165, 1.54) is 24.3 Å². The van der Waals surface area contributed by atoms with Gasteiger partial charge < -0.3 is 9.47 Å². The topological polar surface area (TPSA) is 108 Å². The van der Waals surface area contributed by atoms with Gasteiger partial charge in [-0.05, 0) is 80.3 Å². The summed E-state index contributed by atoms with van der Waals surface area (Å²) in [6.45, 7) is 1.82. The second kappa shape index (κ2) is 9.70. The average molecular weight is 586 g/mol. The van der Waals surface area contributed by atoms with E-state index in [1.807, 2.05) is 19.1 Å². The van der Waals surface area contributed by atoms with E-state index in [2.05, 4.69) is 36.9 Å². The first-order valence-corrected chi connectivity index (χ1v) is 11.4. The van der Waals surface area contributed by atoms with Gasteiger partial charge in [-0.25, -0.2) is 14.6 Å². The molecule has 3 aromatic carbocycles.